The molecule has 0 amide bonds. The molecule has 2 heterocycles. The Bertz CT molecular complexity index is 586. The maximum atomic E-state index is 10.9. The van der Waals surface area contributed by atoms with Crippen molar-refractivity contribution in [2.75, 3.05) is 5.32 Å². The number of nitrogens with one attached hydrogen (secondary N) is 1. The first kappa shape index (κ1) is 12.9. The summed E-state index contributed by atoms with van der Waals surface area (Å²) in [5.74, 6) is -0.758. The minimum absolute atomic E-state index is 0.0167. The van der Waals surface area contributed by atoms with E-state index < -0.39 is 5.97 Å². The van der Waals surface area contributed by atoms with E-state index in [0.29, 0.717) is 11.6 Å². The predicted octanol–water partition coefficient (Wildman–Crippen LogP) is 2.05. The number of hydrogen-bond acceptors (Lipinski definition) is 5. The van der Waals surface area contributed by atoms with Crippen LogP contribution in [0.2, 0.25) is 0 Å². The number of carbonyl (C=O) groups is 1. The third kappa shape index (κ3) is 3.25. The van der Waals surface area contributed by atoms with Gasteiger partial charge in [0, 0.05) is 18.1 Å². The molecule has 0 saturated heterocycles. The molecule has 0 bridgehead atoms. The molecule has 0 fully saturated rings. The lowest BCUT2D eigenvalue weighted by molar-refractivity contribution is 0.0690. The van der Waals surface area contributed by atoms with Gasteiger partial charge in [0.15, 0.2) is 5.69 Å². The number of carboxylic acid groups (broad SMARTS) is 1. The third-order valence-corrected chi connectivity index (χ3v) is 2.63. The maximum absolute atomic E-state index is 10.9. The SMILES string of the molecule is Cc1cc(C(=O)O)nc(NC(C)c2ccncc2)n1. The van der Waals surface area contributed by atoms with Gasteiger partial charge in [0.1, 0.15) is 0 Å². The predicted molar refractivity (Wildman–Crippen MR) is 70.0 cm³/mol. The number of hydrogen-bond donors (Lipinski definition) is 2. The first-order valence-electron chi connectivity index (χ1n) is 5.81. The molecule has 98 valence electrons. The van der Waals surface area contributed by atoms with Crippen molar-refractivity contribution in [3.63, 3.8) is 0 Å². The molecule has 19 heavy (non-hydrogen) atoms. The fourth-order valence-corrected chi connectivity index (χ4v) is 1.67. The maximum Gasteiger partial charge on any atom is 0.354 e. The first-order chi connectivity index (χ1) is 9.06. The highest BCUT2D eigenvalue weighted by molar-refractivity contribution is 5.85. The largest absolute Gasteiger partial charge is 0.477 e. The van der Waals surface area contributed by atoms with E-state index in [9.17, 15) is 4.79 Å². The van der Waals surface area contributed by atoms with E-state index in [4.69, 9.17) is 5.11 Å². The van der Waals surface area contributed by atoms with Gasteiger partial charge in [0.25, 0.3) is 0 Å². The molecule has 1 unspecified atom stereocenters. The Hall–Kier alpha value is -2.50. The second-order valence-electron chi connectivity index (χ2n) is 4.17. The van der Waals surface area contributed by atoms with Crippen LogP contribution in [0.1, 0.15) is 34.7 Å². The molecule has 0 aromatic carbocycles. The highest BCUT2D eigenvalue weighted by Gasteiger charge is 2.11. The molecule has 0 radical (unpaired) electrons. The molecule has 6 nitrogen and oxygen atoms in total. The Kier molecular flexibility index (Phi) is 3.70. The number of aromatic carboxylic acids is 1. The highest BCUT2D eigenvalue weighted by atomic mass is 16.4. The summed E-state index contributed by atoms with van der Waals surface area (Å²) in [7, 11) is 0. The summed E-state index contributed by atoms with van der Waals surface area (Å²) in [6.07, 6.45) is 3.40. The molecule has 6 heteroatoms. The molecular weight excluding hydrogens is 244 g/mol. The Labute approximate surface area is 110 Å². The number of nitrogens with zero attached hydrogens (tertiary/aromatic N) is 3. The first-order valence-corrected chi connectivity index (χ1v) is 5.81. The highest BCUT2D eigenvalue weighted by Crippen LogP contribution is 2.16. The number of aromatic nitrogens is 3. The van der Waals surface area contributed by atoms with Gasteiger partial charge >= 0.3 is 5.97 Å². The number of aryl methyl sites for hydroxylation is 1. The van der Waals surface area contributed by atoms with Crippen LogP contribution in [-0.4, -0.2) is 26.0 Å². The van der Waals surface area contributed by atoms with Crippen LogP contribution in [-0.2, 0) is 0 Å². The van der Waals surface area contributed by atoms with Crippen LogP contribution in [0.25, 0.3) is 0 Å². The van der Waals surface area contributed by atoms with Gasteiger partial charge in [0.05, 0.1) is 6.04 Å². The van der Waals surface area contributed by atoms with Gasteiger partial charge < -0.3 is 10.4 Å². The standard InChI is InChI=1S/C13H14N4O2/c1-8-7-11(12(18)19)17-13(15-8)16-9(2)10-3-5-14-6-4-10/h3-7,9H,1-2H3,(H,18,19)(H,15,16,17). The summed E-state index contributed by atoms with van der Waals surface area (Å²) in [6, 6.07) is 5.16. The summed E-state index contributed by atoms with van der Waals surface area (Å²) < 4.78 is 0. The van der Waals surface area contributed by atoms with Gasteiger partial charge in [-0.25, -0.2) is 14.8 Å². The van der Waals surface area contributed by atoms with E-state index in [0.717, 1.165) is 5.56 Å². The van der Waals surface area contributed by atoms with E-state index in [1.807, 2.05) is 19.1 Å². The average molecular weight is 258 g/mol. The zero-order chi connectivity index (χ0) is 13.8. The fraction of sp³-hybridized carbons (Fsp3) is 0.231. The van der Waals surface area contributed by atoms with Crippen molar-refractivity contribution in [3.8, 4) is 0 Å². The Morgan fingerprint density at radius 3 is 2.63 bits per heavy atom. The van der Waals surface area contributed by atoms with Crippen LogP contribution in [0.4, 0.5) is 5.95 Å². The fourth-order valence-electron chi connectivity index (χ4n) is 1.67. The molecular formula is C13H14N4O2. The quantitative estimate of drug-likeness (QED) is 0.872. The molecule has 2 aromatic rings. The van der Waals surface area contributed by atoms with E-state index in [-0.39, 0.29) is 11.7 Å². The van der Waals surface area contributed by atoms with Crippen LogP contribution in [0.15, 0.2) is 30.6 Å². The molecule has 0 spiro atoms. The van der Waals surface area contributed by atoms with E-state index in [2.05, 4.69) is 20.3 Å². The summed E-state index contributed by atoms with van der Waals surface area (Å²) >= 11 is 0. The summed E-state index contributed by atoms with van der Waals surface area (Å²) in [5.41, 5.74) is 1.62. The van der Waals surface area contributed by atoms with Crippen molar-refractivity contribution in [1.29, 1.82) is 0 Å². The van der Waals surface area contributed by atoms with Gasteiger partial charge in [-0.15, -0.1) is 0 Å². The summed E-state index contributed by atoms with van der Waals surface area (Å²) in [4.78, 5) is 23.0. The molecule has 2 aromatic heterocycles. The van der Waals surface area contributed by atoms with Crippen LogP contribution >= 0.6 is 0 Å². The Morgan fingerprint density at radius 2 is 2.00 bits per heavy atom. The normalized spacial score (nSPS) is 11.9. The van der Waals surface area contributed by atoms with E-state index >= 15 is 0 Å². The average Bonchev–Trinajstić information content (AvgIpc) is 2.39. The van der Waals surface area contributed by atoms with Gasteiger partial charge in [-0.2, -0.15) is 0 Å². The molecule has 0 aliphatic carbocycles. The van der Waals surface area contributed by atoms with Crippen LogP contribution in [0.5, 0.6) is 0 Å². The van der Waals surface area contributed by atoms with Crippen molar-refractivity contribution in [1.82, 2.24) is 15.0 Å². The van der Waals surface area contributed by atoms with Crippen molar-refractivity contribution >= 4 is 11.9 Å². The lowest BCUT2D eigenvalue weighted by Crippen LogP contribution is -2.12. The topological polar surface area (TPSA) is 88.0 Å². The van der Waals surface area contributed by atoms with E-state index in [1.165, 1.54) is 6.07 Å². The smallest absolute Gasteiger partial charge is 0.354 e. The van der Waals surface area contributed by atoms with Crippen LogP contribution in [0, 0.1) is 6.92 Å². The van der Waals surface area contributed by atoms with Crippen molar-refractivity contribution in [2.45, 2.75) is 19.9 Å². The molecule has 0 aliphatic rings. The minimum Gasteiger partial charge on any atom is -0.477 e. The Balaban J connectivity index is 2.21. The number of pyridine rings is 1. The third-order valence-electron chi connectivity index (χ3n) is 2.63. The molecule has 2 rings (SSSR count). The zero-order valence-electron chi connectivity index (χ0n) is 10.7. The molecule has 1 atom stereocenters. The van der Waals surface area contributed by atoms with Crippen molar-refractivity contribution < 1.29 is 9.90 Å². The van der Waals surface area contributed by atoms with Crippen molar-refractivity contribution in [3.05, 3.63) is 47.5 Å². The molecule has 2 N–H and O–H groups in total. The number of rotatable bonds is 4. The summed E-state index contributed by atoms with van der Waals surface area (Å²) in [6.45, 7) is 3.68. The number of carboxylic acids is 1. The van der Waals surface area contributed by atoms with Gasteiger partial charge in [-0.05, 0) is 37.6 Å². The van der Waals surface area contributed by atoms with Gasteiger partial charge in [-0.1, -0.05) is 0 Å². The lowest BCUT2D eigenvalue weighted by Gasteiger charge is -2.14. The molecule has 0 saturated carbocycles. The second-order valence-corrected chi connectivity index (χ2v) is 4.17. The van der Waals surface area contributed by atoms with Gasteiger partial charge in [0.2, 0.25) is 5.95 Å². The van der Waals surface area contributed by atoms with E-state index in [1.54, 1.807) is 19.3 Å². The number of anilines is 1. The van der Waals surface area contributed by atoms with Crippen LogP contribution in [0.3, 0.4) is 0 Å². The monoisotopic (exact) mass is 258 g/mol. The molecule has 0 aliphatic heterocycles. The van der Waals surface area contributed by atoms with Crippen molar-refractivity contribution in [2.24, 2.45) is 0 Å². The second kappa shape index (κ2) is 5.43. The summed E-state index contributed by atoms with van der Waals surface area (Å²) in [5, 5.41) is 12.0. The zero-order valence-corrected chi connectivity index (χ0v) is 10.7. The van der Waals surface area contributed by atoms with Crippen LogP contribution < -0.4 is 5.32 Å². The minimum atomic E-state index is -1.06. The lowest BCUT2D eigenvalue weighted by atomic mass is 10.1. The van der Waals surface area contributed by atoms with Gasteiger partial charge in [-0.3, -0.25) is 4.98 Å². The Morgan fingerprint density at radius 1 is 1.32 bits per heavy atom.